The lowest BCUT2D eigenvalue weighted by atomic mass is 9.34. The van der Waals surface area contributed by atoms with Gasteiger partial charge in [0.25, 0.3) is 6.71 Å². The maximum Gasteiger partial charge on any atom is 0.258 e. The number of methoxy groups -OCH3 is 1. The molecule has 4 aliphatic rings. The molecule has 47 heavy (non-hydrogen) atoms. The van der Waals surface area contributed by atoms with Crippen LogP contribution >= 0.6 is 11.3 Å². The zero-order chi connectivity index (χ0) is 31.5. The lowest BCUT2D eigenvalue weighted by Gasteiger charge is -2.52. The summed E-state index contributed by atoms with van der Waals surface area (Å²) in [6.45, 7) is 5.09. The summed E-state index contributed by atoms with van der Waals surface area (Å²) >= 11 is 1.77. The number of nitrogens with zero attached hydrogens (tertiary/aromatic N) is 2. The van der Waals surface area contributed by atoms with Crippen molar-refractivity contribution in [2.24, 2.45) is 0 Å². The zero-order valence-electron chi connectivity index (χ0n) is 26.9. The van der Waals surface area contributed by atoms with Gasteiger partial charge >= 0.3 is 0 Å². The molecule has 6 aromatic rings. The number of hydrogen-bond donors (Lipinski definition) is 0. The van der Waals surface area contributed by atoms with E-state index in [-0.39, 0.29) is 17.7 Å². The van der Waals surface area contributed by atoms with Crippen LogP contribution in [-0.4, -0.2) is 19.4 Å². The largest absolute Gasteiger partial charge is 0.497 e. The molecule has 3 aliphatic heterocycles. The number of rotatable bonds is 4. The molecule has 0 bridgehead atoms. The minimum absolute atomic E-state index is 0.0230. The van der Waals surface area contributed by atoms with E-state index in [1.807, 2.05) is 0 Å². The van der Waals surface area contributed by atoms with Crippen molar-refractivity contribution < 1.29 is 9.47 Å². The van der Waals surface area contributed by atoms with Crippen LogP contribution in [0.2, 0.25) is 0 Å². The smallest absolute Gasteiger partial charge is 0.258 e. The van der Waals surface area contributed by atoms with Gasteiger partial charge in [0.15, 0.2) is 5.06 Å². The van der Waals surface area contributed by atoms with Crippen LogP contribution in [0.15, 0.2) is 109 Å². The Kier molecular flexibility index (Phi) is 5.65. The Morgan fingerprint density at radius 3 is 2.28 bits per heavy atom. The lowest BCUT2D eigenvalue weighted by Crippen LogP contribution is -2.63. The van der Waals surface area contributed by atoms with Gasteiger partial charge in [-0.1, -0.05) is 97.8 Å². The van der Waals surface area contributed by atoms with Crippen LogP contribution in [0.1, 0.15) is 45.1 Å². The summed E-state index contributed by atoms with van der Waals surface area (Å²) < 4.78 is 14.2. The number of fused-ring (bicyclic) bond motifs is 9. The monoisotopic (exact) mass is 630 g/mol. The summed E-state index contributed by atoms with van der Waals surface area (Å²) in [6.07, 6.45) is 4.89. The first kappa shape index (κ1) is 27.4. The van der Waals surface area contributed by atoms with E-state index in [9.17, 15) is 0 Å². The van der Waals surface area contributed by atoms with Crippen molar-refractivity contribution in [1.29, 1.82) is 0 Å². The van der Waals surface area contributed by atoms with Crippen LogP contribution in [0.25, 0.3) is 10.1 Å². The van der Waals surface area contributed by atoms with Gasteiger partial charge in [-0.05, 0) is 77.4 Å². The van der Waals surface area contributed by atoms with Gasteiger partial charge in [-0.3, -0.25) is 0 Å². The third-order valence-corrected chi connectivity index (χ3v) is 12.9. The van der Waals surface area contributed by atoms with Crippen molar-refractivity contribution in [2.45, 2.75) is 50.5 Å². The molecule has 0 spiro atoms. The Morgan fingerprint density at radius 1 is 0.809 bits per heavy atom. The number of hydrogen-bond acceptors (Lipinski definition) is 5. The first-order chi connectivity index (χ1) is 23.0. The number of ether oxygens (including phenoxy) is 2. The van der Waals surface area contributed by atoms with Crippen molar-refractivity contribution in [1.82, 2.24) is 0 Å². The number of para-hydroxylation sites is 3. The van der Waals surface area contributed by atoms with E-state index in [4.69, 9.17) is 9.47 Å². The molecule has 1 unspecified atom stereocenters. The van der Waals surface area contributed by atoms with Gasteiger partial charge in [0, 0.05) is 40.3 Å². The Labute approximate surface area is 280 Å². The van der Waals surface area contributed by atoms with Gasteiger partial charge < -0.3 is 19.3 Å². The van der Waals surface area contributed by atoms with Crippen LogP contribution in [0, 0.1) is 0 Å². The fraction of sp³-hybridized carbons (Fsp3) is 0.220. The lowest BCUT2D eigenvalue weighted by molar-refractivity contribution is 0.195. The van der Waals surface area contributed by atoms with E-state index < -0.39 is 0 Å². The molecule has 1 aromatic heterocycles. The van der Waals surface area contributed by atoms with E-state index >= 15 is 0 Å². The van der Waals surface area contributed by atoms with E-state index in [0.717, 1.165) is 33.6 Å². The second-order valence-electron chi connectivity index (χ2n) is 13.9. The molecular formula is C41H35BN2O2S. The van der Waals surface area contributed by atoms with Crippen molar-refractivity contribution >= 4 is 73.0 Å². The molecule has 1 saturated carbocycles. The summed E-state index contributed by atoms with van der Waals surface area (Å²) in [5.41, 5.74) is 11.6. The molecule has 230 valence electrons. The summed E-state index contributed by atoms with van der Waals surface area (Å²) in [5.74, 6) is 1.76. The minimum Gasteiger partial charge on any atom is -0.497 e. The molecule has 10 rings (SSSR count). The van der Waals surface area contributed by atoms with E-state index in [2.05, 4.69) is 133 Å². The van der Waals surface area contributed by atoms with Gasteiger partial charge in [0.2, 0.25) is 0 Å². The van der Waals surface area contributed by atoms with Gasteiger partial charge in [0.05, 0.1) is 23.0 Å². The van der Waals surface area contributed by atoms with Gasteiger partial charge in [0.1, 0.15) is 11.5 Å². The van der Waals surface area contributed by atoms with Crippen LogP contribution < -0.4 is 35.7 Å². The Balaban J connectivity index is 1.26. The molecule has 6 heteroatoms. The van der Waals surface area contributed by atoms with E-state index in [1.165, 1.54) is 69.1 Å². The average Bonchev–Trinajstić information content (AvgIpc) is 3.58. The third kappa shape index (κ3) is 3.49. The van der Waals surface area contributed by atoms with Crippen LogP contribution in [0.3, 0.4) is 0 Å². The Hall–Kier alpha value is -4.68. The number of thiophene rings is 1. The predicted octanol–water partition coefficient (Wildman–Crippen LogP) is 9.06. The second-order valence-corrected chi connectivity index (χ2v) is 14.9. The normalized spacial score (nSPS) is 21.4. The molecule has 4 nitrogen and oxygen atoms in total. The van der Waals surface area contributed by atoms with E-state index in [1.54, 1.807) is 18.4 Å². The standard InChI is InChI=1S/C41H35BN2O2S/c1-40-22-10-11-23-41(40,2)44-33-24-28(45-3)25-34-36(33)42(31-20-13-19-30(40)37(31)44)35-29-18-12-21-32(38(29)47-39(35)46-34)43(26-14-6-4-7-15-26)27-16-8-5-9-17-27/h4-9,12-21,24-25H,10-11,22-23H2,1-3H3/t40?,41-/m0/s1. The maximum atomic E-state index is 7.01. The molecule has 0 N–H and O–H groups in total. The molecule has 1 fully saturated rings. The average molecular weight is 631 g/mol. The highest BCUT2D eigenvalue weighted by Crippen LogP contribution is 2.62. The highest BCUT2D eigenvalue weighted by molar-refractivity contribution is 7.24. The Bertz CT molecular complexity index is 2190. The van der Waals surface area contributed by atoms with Crippen molar-refractivity contribution in [2.75, 3.05) is 16.9 Å². The molecule has 0 saturated heterocycles. The SMILES string of the molecule is COc1cc2c3c(c1)N1c4c(cccc4C4(C)CCCC[C@]14C)B3c1c(sc3c(N(c4ccccc4)c4ccccc4)cccc13)O2. The zero-order valence-corrected chi connectivity index (χ0v) is 27.7. The quantitative estimate of drug-likeness (QED) is 0.181. The van der Waals surface area contributed by atoms with E-state index in [0.29, 0.717) is 0 Å². The number of anilines is 5. The summed E-state index contributed by atoms with van der Waals surface area (Å²) in [4.78, 5) is 5.08. The third-order valence-electron chi connectivity index (χ3n) is 11.8. The summed E-state index contributed by atoms with van der Waals surface area (Å²) in [5, 5.41) is 2.24. The molecule has 1 aliphatic carbocycles. The van der Waals surface area contributed by atoms with Crippen LogP contribution in [-0.2, 0) is 5.41 Å². The highest BCUT2D eigenvalue weighted by atomic mass is 32.1. The van der Waals surface area contributed by atoms with Gasteiger partial charge in [-0.15, -0.1) is 0 Å². The topological polar surface area (TPSA) is 24.9 Å². The van der Waals surface area contributed by atoms with Gasteiger partial charge in [-0.25, -0.2) is 0 Å². The fourth-order valence-electron chi connectivity index (χ4n) is 9.43. The van der Waals surface area contributed by atoms with Crippen molar-refractivity contribution in [3.8, 4) is 16.6 Å². The first-order valence-electron chi connectivity index (χ1n) is 16.8. The first-order valence-corrected chi connectivity index (χ1v) is 17.6. The molecule has 4 heterocycles. The second kappa shape index (κ2) is 9.68. The minimum atomic E-state index is -0.0230. The Morgan fingerprint density at radius 2 is 1.53 bits per heavy atom. The summed E-state index contributed by atoms with van der Waals surface area (Å²) in [6, 6.07) is 39.6. The predicted molar refractivity (Wildman–Crippen MR) is 197 cm³/mol. The maximum absolute atomic E-state index is 7.01. The van der Waals surface area contributed by atoms with Crippen LogP contribution in [0.4, 0.5) is 28.4 Å². The van der Waals surface area contributed by atoms with Gasteiger partial charge in [-0.2, -0.15) is 0 Å². The van der Waals surface area contributed by atoms with Crippen LogP contribution in [0.5, 0.6) is 16.6 Å². The van der Waals surface area contributed by atoms with Crippen molar-refractivity contribution in [3.05, 3.63) is 115 Å². The molecule has 0 radical (unpaired) electrons. The molecule has 2 atom stereocenters. The molecule has 5 aromatic carbocycles. The molecule has 0 amide bonds. The number of benzene rings is 5. The van der Waals surface area contributed by atoms with Crippen molar-refractivity contribution in [3.63, 3.8) is 0 Å². The summed E-state index contributed by atoms with van der Waals surface area (Å²) in [7, 11) is 1.77. The molecular weight excluding hydrogens is 595 g/mol. The fourth-order valence-corrected chi connectivity index (χ4v) is 10.6. The highest BCUT2D eigenvalue weighted by Gasteiger charge is 2.61.